The minimum absolute atomic E-state index is 0.584. The highest BCUT2D eigenvalue weighted by Crippen LogP contribution is 2.26. The molecule has 1 aromatic rings. The summed E-state index contributed by atoms with van der Waals surface area (Å²) in [4.78, 5) is 2.25. The minimum Gasteiger partial charge on any atom is -0.495 e. The summed E-state index contributed by atoms with van der Waals surface area (Å²) in [6, 6.07) is 8.73. The smallest absolute Gasteiger partial charge is 0.142 e. The van der Waals surface area contributed by atoms with Crippen molar-refractivity contribution in [2.24, 2.45) is 0 Å². The molecule has 1 aromatic carbocycles. The van der Waals surface area contributed by atoms with Crippen LogP contribution < -0.4 is 15.0 Å². The Morgan fingerprint density at radius 2 is 2.06 bits per heavy atom. The number of para-hydroxylation sites is 2. The SMILES string of the molecule is CNC(C)CCCN(C)c1ccccc1OC. The maximum absolute atomic E-state index is 5.36. The zero-order valence-corrected chi connectivity index (χ0v) is 11.4. The zero-order valence-electron chi connectivity index (χ0n) is 11.4. The zero-order chi connectivity index (χ0) is 12.7. The molecule has 1 unspecified atom stereocenters. The fraction of sp³-hybridized carbons (Fsp3) is 0.571. The Hall–Kier alpha value is -1.22. The number of anilines is 1. The number of rotatable bonds is 7. The van der Waals surface area contributed by atoms with Crippen LogP contribution in [0.25, 0.3) is 0 Å². The second-order valence-corrected chi connectivity index (χ2v) is 4.43. The van der Waals surface area contributed by atoms with Crippen LogP contribution in [0.15, 0.2) is 24.3 Å². The summed E-state index contributed by atoms with van der Waals surface area (Å²) in [6.07, 6.45) is 2.37. The van der Waals surface area contributed by atoms with Crippen LogP contribution in [0, 0.1) is 0 Å². The molecule has 0 spiro atoms. The Balaban J connectivity index is 2.49. The van der Waals surface area contributed by atoms with Crippen LogP contribution in [-0.4, -0.2) is 33.8 Å². The Kier molecular flexibility index (Phi) is 5.84. The first-order valence-electron chi connectivity index (χ1n) is 6.20. The van der Waals surface area contributed by atoms with Gasteiger partial charge in [0.25, 0.3) is 0 Å². The van der Waals surface area contributed by atoms with Gasteiger partial charge in [0.2, 0.25) is 0 Å². The van der Waals surface area contributed by atoms with Gasteiger partial charge in [0.15, 0.2) is 0 Å². The molecule has 0 fully saturated rings. The second kappa shape index (κ2) is 7.17. The van der Waals surface area contributed by atoms with Crippen molar-refractivity contribution in [3.05, 3.63) is 24.3 Å². The number of ether oxygens (including phenoxy) is 1. The van der Waals surface area contributed by atoms with Crippen LogP contribution in [0.5, 0.6) is 5.75 Å². The van der Waals surface area contributed by atoms with E-state index in [0.29, 0.717) is 6.04 Å². The maximum Gasteiger partial charge on any atom is 0.142 e. The molecule has 0 radical (unpaired) electrons. The molecule has 1 rings (SSSR count). The highest BCUT2D eigenvalue weighted by atomic mass is 16.5. The van der Waals surface area contributed by atoms with Gasteiger partial charge in [-0.25, -0.2) is 0 Å². The largest absolute Gasteiger partial charge is 0.495 e. The molecule has 3 nitrogen and oxygen atoms in total. The molecule has 0 aliphatic carbocycles. The molecular formula is C14H24N2O. The van der Waals surface area contributed by atoms with Crippen molar-refractivity contribution in [2.45, 2.75) is 25.8 Å². The first-order chi connectivity index (χ1) is 8.19. The van der Waals surface area contributed by atoms with Gasteiger partial charge in [-0.3, -0.25) is 0 Å². The number of nitrogens with zero attached hydrogens (tertiary/aromatic N) is 1. The first-order valence-corrected chi connectivity index (χ1v) is 6.20. The molecule has 3 heteroatoms. The maximum atomic E-state index is 5.36. The molecule has 0 saturated heterocycles. The average Bonchev–Trinajstić information content (AvgIpc) is 2.38. The lowest BCUT2D eigenvalue weighted by Gasteiger charge is -2.22. The number of nitrogens with one attached hydrogen (secondary N) is 1. The Morgan fingerprint density at radius 3 is 2.71 bits per heavy atom. The van der Waals surface area contributed by atoms with Gasteiger partial charge in [-0.05, 0) is 38.9 Å². The van der Waals surface area contributed by atoms with Crippen LogP contribution in [0.2, 0.25) is 0 Å². The fourth-order valence-electron chi connectivity index (χ4n) is 1.84. The van der Waals surface area contributed by atoms with E-state index >= 15 is 0 Å². The molecule has 1 N–H and O–H groups in total. The predicted molar refractivity (Wildman–Crippen MR) is 74.0 cm³/mol. The summed E-state index contributed by atoms with van der Waals surface area (Å²) >= 11 is 0. The standard InChI is InChI=1S/C14H24N2O/c1-12(15-2)8-7-11-16(3)13-9-5-6-10-14(13)17-4/h5-6,9-10,12,15H,7-8,11H2,1-4H3. The van der Waals surface area contributed by atoms with E-state index in [1.165, 1.54) is 12.8 Å². The van der Waals surface area contributed by atoms with Gasteiger partial charge in [0.05, 0.1) is 12.8 Å². The molecule has 1 atom stereocenters. The highest BCUT2D eigenvalue weighted by molar-refractivity contribution is 5.57. The van der Waals surface area contributed by atoms with Crippen molar-refractivity contribution in [3.63, 3.8) is 0 Å². The van der Waals surface area contributed by atoms with E-state index in [1.807, 2.05) is 25.2 Å². The van der Waals surface area contributed by atoms with Gasteiger partial charge in [-0.1, -0.05) is 12.1 Å². The molecule has 0 bridgehead atoms. The third-order valence-corrected chi connectivity index (χ3v) is 3.12. The molecular weight excluding hydrogens is 212 g/mol. The van der Waals surface area contributed by atoms with Crippen molar-refractivity contribution in [1.82, 2.24) is 5.32 Å². The lowest BCUT2D eigenvalue weighted by Crippen LogP contribution is -2.24. The minimum atomic E-state index is 0.584. The summed E-state index contributed by atoms with van der Waals surface area (Å²) in [5, 5.41) is 3.26. The molecule has 0 aliphatic heterocycles. The average molecular weight is 236 g/mol. The summed E-state index contributed by atoms with van der Waals surface area (Å²) < 4.78 is 5.36. The van der Waals surface area contributed by atoms with Crippen LogP contribution in [-0.2, 0) is 0 Å². The highest BCUT2D eigenvalue weighted by Gasteiger charge is 2.07. The topological polar surface area (TPSA) is 24.5 Å². The normalized spacial score (nSPS) is 12.2. The number of hydrogen-bond acceptors (Lipinski definition) is 3. The van der Waals surface area contributed by atoms with Crippen molar-refractivity contribution in [1.29, 1.82) is 0 Å². The van der Waals surface area contributed by atoms with E-state index in [4.69, 9.17) is 4.74 Å². The van der Waals surface area contributed by atoms with Gasteiger partial charge in [-0.15, -0.1) is 0 Å². The summed E-state index contributed by atoms with van der Waals surface area (Å²) in [5.74, 6) is 0.941. The van der Waals surface area contributed by atoms with E-state index in [9.17, 15) is 0 Å². The number of hydrogen-bond donors (Lipinski definition) is 1. The van der Waals surface area contributed by atoms with Gasteiger partial charge in [-0.2, -0.15) is 0 Å². The lowest BCUT2D eigenvalue weighted by atomic mass is 10.1. The molecule has 0 aromatic heterocycles. The number of methoxy groups -OCH3 is 1. The van der Waals surface area contributed by atoms with E-state index < -0.39 is 0 Å². The van der Waals surface area contributed by atoms with Crippen LogP contribution in [0.4, 0.5) is 5.69 Å². The van der Waals surface area contributed by atoms with Crippen LogP contribution >= 0.6 is 0 Å². The molecule has 0 amide bonds. The van der Waals surface area contributed by atoms with E-state index in [0.717, 1.165) is 18.0 Å². The summed E-state index contributed by atoms with van der Waals surface area (Å²) in [7, 11) is 5.84. The van der Waals surface area contributed by atoms with E-state index in [1.54, 1.807) is 7.11 Å². The molecule has 0 aliphatic rings. The van der Waals surface area contributed by atoms with Crippen molar-refractivity contribution >= 4 is 5.69 Å². The van der Waals surface area contributed by atoms with E-state index in [-0.39, 0.29) is 0 Å². The molecule has 0 saturated carbocycles. The van der Waals surface area contributed by atoms with Crippen LogP contribution in [0.1, 0.15) is 19.8 Å². The summed E-state index contributed by atoms with van der Waals surface area (Å²) in [5.41, 5.74) is 1.16. The quantitative estimate of drug-likeness (QED) is 0.787. The Morgan fingerprint density at radius 1 is 1.35 bits per heavy atom. The molecule has 96 valence electrons. The first kappa shape index (κ1) is 13.8. The molecule has 17 heavy (non-hydrogen) atoms. The Bertz CT molecular complexity index is 328. The second-order valence-electron chi connectivity index (χ2n) is 4.43. The fourth-order valence-corrected chi connectivity index (χ4v) is 1.84. The predicted octanol–water partition coefficient (Wildman–Crippen LogP) is 2.52. The van der Waals surface area contributed by atoms with Crippen molar-refractivity contribution < 1.29 is 4.74 Å². The van der Waals surface area contributed by atoms with Gasteiger partial charge in [0, 0.05) is 19.6 Å². The van der Waals surface area contributed by atoms with Crippen molar-refractivity contribution in [3.8, 4) is 5.75 Å². The van der Waals surface area contributed by atoms with Crippen molar-refractivity contribution in [2.75, 3.05) is 32.6 Å². The molecule has 0 heterocycles. The summed E-state index contributed by atoms with van der Waals surface area (Å²) in [6.45, 7) is 3.26. The van der Waals surface area contributed by atoms with Gasteiger partial charge >= 0.3 is 0 Å². The third-order valence-electron chi connectivity index (χ3n) is 3.12. The number of benzene rings is 1. The lowest BCUT2D eigenvalue weighted by molar-refractivity contribution is 0.414. The third kappa shape index (κ3) is 4.27. The monoisotopic (exact) mass is 236 g/mol. The van der Waals surface area contributed by atoms with E-state index in [2.05, 4.69) is 30.3 Å². The Labute approximate surface area is 105 Å². The van der Waals surface area contributed by atoms with Crippen LogP contribution in [0.3, 0.4) is 0 Å². The van der Waals surface area contributed by atoms with Gasteiger partial charge < -0.3 is 15.0 Å². The van der Waals surface area contributed by atoms with Gasteiger partial charge in [0.1, 0.15) is 5.75 Å².